The number of fused-ring (bicyclic) bond motifs is 4. The summed E-state index contributed by atoms with van der Waals surface area (Å²) >= 11 is 7.41. The van der Waals surface area contributed by atoms with E-state index >= 15 is 0 Å². The SMILES string of the molecule is COC(=O)CCc1cc2c(SC)nc3c(F)c(Cl)ncc3c2n1C1C2CNC1C2. The van der Waals surface area contributed by atoms with Crippen LogP contribution in [-0.4, -0.2) is 46.5 Å². The van der Waals surface area contributed by atoms with Crippen molar-refractivity contribution in [1.82, 2.24) is 19.9 Å². The number of aryl methyl sites for hydroxylation is 1. The third kappa shape index (κ3) is 2.84. The molecule has 152 valence electrons. The lowest BCUT2D eigenvalue weighted by atomic mass is 9.79. The molecule has 6 nitrogen and oxygen atoms in total. The van der Waals surface area contributed by atoms with Gasteiger partial charge in [-0.3, -0.25) is 4.79 Å². The van der Waals surface area contributed by atoms with Gasteiger partial charge in [0.2, 0.25) is 0 Å². The van der Waals surface area contributed by atoms with Crippen LogP contribution in [0.2, 0.25) is 5.15 Å². The number of carbonyl (C=O) groups excluding carboxylic acids is 1. The molecule has 0 radical (unpaired) electrons. The largest absolute Gasteiger partial charge is 0.469 e. The second-order valence-corrected chi connectivity index (χ2v) is 8.74. The molecule has 29 heavy (non-hydrogen) atoms. The molecule has 2 saturated heterocycles. The monoisotopic (exact) mass is 434 g/mol. The number of aromatic nitrogens is 3. The zero-order valence-electron chi connectivity index (χ0n) is 16.0. The van der Waals surface area contributed by atoms with E-state index in [0.717, 1.165) is 34.6 Å². The molecule has 0 amide bonds. The summed E-state index contributed by atoms with van der Waals surface area (Å²) in [6, 6.07) is 2.75. The van der Waals surface area contributed by atoms with Crippen LogP contribution >= 0.6 is 23.4 Å². The number of pyridine rings is 2. The molecule has 5 heterocycles. The number of nitrogens with one attached hydrogen (secondary N) is 1. The number of methoxy groups -OCH3 is 1. The van der Waals surface area contributed by atoms with Crippen molar-refractivity contribution in [1.29, 1.82) is 0 Å². The lowest BCUT2D eigenvalue weighted by Crippen LogP contribution is -2.39. The van der Waals surface area contributed by atoms with Gasteiger partial charge in [0, 0.05) is 35.2 Å². The van der Waals surface area contributed by atoms with Gasteiger partial charge >= 0.3 is 5.97 Å². The fourth-order valence-corrected chi connectivity index (χ4v) is 5.47. The topological polar surface area (TPSA) is 69.0 Å². The molecule has 1 saturated carbocycles. The number of esters is 1. The Balaban J connectivity index is 1.79. The van der Waals surface area contributed by atoms with E-state index in [2.05, 4.69) is 25.9 Å². The van der Waals surface area contributed by atoms with E-state index in [1.54, 1.807) is 6.20 Å². The molecule has 0 aromatic carbocycles. The van der Waals surface area contributed by atoms with Crippen LogP contribution < -0.4 is 5.32 Å². The molecule has 3 aromatic rings. The van der Waals surface area contributed by atoms with Crippen molar-refractivity contribution in [3.8, 4) is 0 Å². The summed E-state index contributed by atoms with van der Waals surface area (Å²) in [5.74, 6) is -0.317. The minimum absolute atomic E-state index is 0.175. The molecule has 3 aliphatic rings. The predicted molar refractivity (Wildman–Crippen MR) is 111 cm³/mol. The van der Waals surface area contributed by atoms with Gasteiger partial charge in [-0.05, 0) is 31.1 Å². The third-order valence-electron chi connectivity index (χ3n) is 6.16. The van der Waals surface area contributed by atoms with Crippen LogP contribution in [0.15, 0.2) is 17.3 Å². The Morgan fingerprint density at radius 3 is 2.97 bits per heavy atom. The minimum atomic E-state index is -0.597. The van der Waals surface area contributed by atoms with Crippen molar-refractivity contribution >= 4 is 51.1 Å². The number of hydrogen-bond acceptors (Lipinski definition) is 6. The smallest absolute Gasteiger partial charge is 0.305 e. The van der Waals surface area contributed by atoms with Crippen LogP contribution in [0.5, 0.6) is 0 Å². The van der Waals surface area contributed by atoms with Crippen LogP contribution in [0.3, 0.4) is 0 Å². The zero-order chi connectivity index (χ0) is 20.3. The van der Waals surface area contributed by atoms with E-state index in [1.165, 1.54) is 18.9 Å². The first kappa shape index (κ1) is 19.1. The molecule has 3 aromatic heterocycles. The molecule has 0 spiro atoms. The van der Waals surface area contributed by atoms with Crippen molar-refractivity contribution < 1.29 is 13.9 Å². The van der Waals surface area contributed by atoms with Gasteiger partial charge in [0.25, 0.3) is 0 Å². The highest BCUT2D eigenvalue weighted by Crippen LogP contribution is 2.48. The number of ether oxygens (including phenoxy) is 1. The molecule has 3 unspecified atom stereocenters. The first-order chi connectivity index (χ1) is 14.0. The van der Waals surface area contributed by atoms with Crippen LogP contribution in [0.25, 0.3) is 21.8 Å². The summed E-state index contributed by atoms with van der Waals surface area (Å²) in [5.41, 5.74) is 2.19. The summed E-state index contributed by atoms with van der Waals surface area (Å²) in [6.45, 7) is 0.974. The van der Waals surface area contributed by atoms with E-state index in [4.69, 9.17) is 16.3 Å². The van der Waals surface area contributed by atoms with Gasteiger partial charge in [0.15, 0.2) is 11.0 Å². The van der Waals surface area contributed by atoms with Crippen LogP contribution in [0.1, 0.15) is 24.6 Å². The Hall–Kier alpha value is -1.90. The maximum absolute atomic E-state index is 14.8. The summed E-state index contributed by atoms with van der Waals surface area (Å²) in [5, 5.41) is 5.73. The average Bonchev–Trinajstić information content (AvgIpc) is 3.44. The summed E-state index contributed by atoms with van der Waals surface area (Å²) in [4.78, 5) is 20.4. The molecule has 3 atom stereocenters. The molecule has 3 fully saturated rings. The van der Waals surface area contributed by atoms with E-state index in [-0.39, 0.29) is 22.7 Å². The third-order valence-corrected chi connectivity index (χ3v) is 7.13. The quantitative estimate of drug-likeness (QED) is 0.375. The van der Waals surface area contributed by atoms with Gasteiger partial charge < -0.3 is 14.6 Å². The van der Waals surface area contributed by atoms with Crippen molar-refractivity contribution in [3.63, 3.8) is 0 Å². The van der Waals surface area contributed by atoms with E-state index in [1.807, 2.05) is 6.26 Å². The lowest BCUT2D eigenvalue weighted by Gasteiger charge is -2.38. The van der Waals surface area contributed by atoms with Crippen molar-refractivity contribution in [2.24, 2.45) is 5.92 Å². The molecule has 2 bridgehead atoms. The molecule has 9 heteroatoms. The predicted octanol–water partition coefficient (Wildman–Crippen LogP) is 3.74. The number of thioether (sulfide) groups is 1. The highest BCUT2D eigenvalue weighted by molar-refractivity contribution is 7.98. The maximum atomic E-state index is 14.8. The Labute approximate surface area is 176 Å². The Morgan fingerprint density at radius 1 is 1.48 bits per heavy atom. The second kappa shape index (κ2) is 7.11. The summed E-state index contributed by atoms with van der Waals surface area (Å²) in [6.07, 6.45) is 5.51. The Kier molecular flexibility index (Phi) is 4.68. The minimum Gasteiger partial charge on any atom is -0.469 e. The zero-order valence-corrected chi connectivity index (χ0v) is 17.6. The standard InChI is InChI=1S/C20H20ClFN4O2S/c1-28-14(27)4-3-10-6-11-18(26(10)17-9-5-13(17)23-7-9)12-8-24-19(21)15(22)16(12)25-20(11)29-2/h6,8-9,13,17,23H,3-5,7H2,1-2H3. The molecule has 2 aliphatic heterocycles. The van der Waals surface area contributed by atoms with Crippen LogP contribution in [-0.2, 0) is 16.0 Å². The fraction of sp³-hybridized carbons (Fsp3) is 0.450. The van der Waals surface area contributed by atoms with Gasteiger partial charge in [-0.15, -0.1) is 11.8 Å². The summed E-state index contributed by atoms with van der Waals surface area (Å²) in [7, 11) is 1.40. The van der Waals surface area contributed by atoms with Crippen LogP contribution in [0.4, 0.5) is 4.39 Å². The second-order valence-electron chi connectivity index (χ2n) is 7.59. The fourth-order valence-electron chi connectivity index (χ4n) is 4.78. The first-order valence-corrected chi connectivity index (χ1v) is 11.2. The average molecular weight is 435 g/mol. The van der Waals surface area contributed by atoms with E-state index in [9.17, 15) is 9.18 Å². The van der Waals surface area contributed by atoms with Crippen molar-refractivity contribution in [2.75, 3.05) is 19.9 Å². The number of hydrogen-bond donors (Lipinski definition) is 1. The van der Waals surface area contributed by atoms with Gasteiger partial charge in [0.05, 0.1) is 25.1 Å². The number of nitrogens with zero attached hydrogens (tertiary/aromatic N) is 3. The van der Waals surface area contributed by atoms with Gasteiger partial charge in [0.1, 0.15) is 10.5 Å². The molecular formula is C20H20ClFN4O2S. The highest BCUT2D eigenvalue weighted by Gasteiger charge is 2.48. The molecule has 1 N–H and O–H groups in total. The lowest BCUT2D eigenvalue weighted by molar-refractivity contribution is -0.140. The van der Waals surface area contributed by atoms with Crippen molar-refractivity contribution in [2.45, 2.75) is 36.4 Å². The number of carbonyl (C=O) groups is 1. The van der Waals surface area contributed by atoms with Gasteiger partial charge in [-0.2, -0.15) is 0 Å². The number of halogens is 2. The number of rotatable bonds is 5. The summed E-state index contributed by atoms with van der Waals surface area (Å²) < 4.78 is 21.9. The van der Waals surface area contributed by atoms with Gasteiger partial charge in [-0.1, -0.05) is 11.6 Å². The molecule has 6 rings (SSSR count). The van der Waals surface area contributed by atoms with Gasteiger partial charge in [-0.25, -0.2) is 14.4 Å². The normalized spacial score (nSPS) is 23.0. The molecular weight excluding hydrogens is 415 g/mol. The first-order valence-electron chi connectivity index (χ1n) is 9.55. The Bertz CT molecular complexity index is 1140. The molecule has 1 aliphatic carbocycles. The maximum Gasteiger partial charge on any atom is 0.305 e. The van der Waals surface area contributed by atoms with Crippen LogP contribution in [0, 0.1) is 11.7 Å². The van der Waals surface area contributed by atoms with E-state index < -0.39 is 5.82 Å². The highest BCUT2D eigenvalue weighted by atomic mass is 35.5. The Morgan fingerprint density at radius 2 is 2.31 bits per heavy atom. The van der Waals surface area contributed by atoms with Crippen molar-refractivity contribution in [3.05, 3.63) is 28.9 Å². The van der Waals surface area contributed by atoms with E-state index in [0.29, 0.717) is 30.2 Å².